The maximum Gasteiger partial charge on any atom is 0.306 e. The minimum atomic E-state index is -0.912. The van der Waals surface area contributed by atoms with Crippen LogP contribution in [0.4, 0.5) is 0 Å². The molecule has 0 rings (SSSR count). The maximum atomic E-state index is 10.3. The van der Waals surface area contributed by atoms with Crippen molar-refractivity contribution in [2.75, 3.05) is 0 Å². The molecule has 0 saturated heterocycles. The average Bonchev–Trinajstić information content (AvgIpc) is 1.63. The number of rotatable bonds is 3. The van der Waals surface area contributed by atoms with Gasteiger partial charge in [-0.1, -0.05) is 6.92 Å². The quantitative estimate of drug-likeness (QED) is 0.696. The van der Waals surface area contributed by atoms with Crippen molar-refractivity contribution in [1.82, 2.24) is 0 Å². The van der Waals surface area contributed by atoms with Gasteiger partial charge in [0.2, 0.25) is 0 Å². The van der Waals surface area contributed by atoms with Gasteiger partial charge in [0.1, 0.15) is 5.78 Å². The molecule has 0 aromatic heterocycles. The zero-order valence-corrected chi connectivity index (χ0v) is 7.39. The molecule has 10 heavy (non-hydrogen) atoms. The van der Waals surface area contributed by atoms with E-state index in [0.29, 0.717) is 0 Å². The van der Waals surface area contributed by atoms with Gasteiger partial charge < -0.3 is 9.90 Å². The molecule has 0 aliphatic heterocycles. The van der Waals surface area contributed by atoms with E-state index in [1.54, 1.807) is 0 Å². The molecule has 0 heterocycles. The Labute approximate surface area is 71.7 Å². The molecule has 3 nitrogen and oxygen atoms in total. The maximum absolute atomic E-state index is 10.3. The smallest absolute Gasteiger partial charge is 0.306 e. The first-order valence-electron chi connectivity index (χ1n) is 2.76. The van der Waals surface area contributed by atoms with Gasteiger partial charge in [0.25, 0.3) is 0 Å². The molecule has 0 bridgehead atoms. The predicted molar refractivity (Wildman–Crippen MR) is 32.1 cm³/mol. The summed E-state index contributed by atoms with van der Waals surface area (Å²) in [5.74, 6) is -1.53. The van der Waals surface area contributed by atoms with Crippen LogP contribution in [0, 0.1) is 5.92 Å². The van der Waals surface area contributed by atoms with Gasteiger partial charge >= 0.3 is 5.97 Å². The molecule has 0 spiro atoms. The zero-order chi connectivity index (χ0) is 7.44. The fourth-order valence-electron chi connectivity index (χ4n) is 0.518. The van der Waals surface area contributed by atoms with Crippen molar-refractivity contribution in [2.45, 2.75) is 20.3 Å². The third kappa shape index (κ3) is 5.85. The van der Waals surface area contributed by atoms with E-state index in [2.05, 4.69) is 0 Å². The summed E-state index contributed by atoms with van der Waals surface area (Å²) in [5, 5.41) is 8.28. The Bertz CT molecular complexity index is 133. The number of hydrogen-bond acceptors (Lipinski definition) is 2. The Hall–Kier alpha value is -0.276. The monoisotopic (exact) mass is 181 g/mol. The van der Waals surface area contributed by atoms with E-state index >= 15 is 0 Å². The van der Waals surface area contributed by atoms with Crippen molar-refractivity contribution in [1.29, 1.82) is 0 Å². The van der Waals surface area contributed by atoms with Crippen molar-refractivity contribution >= 4 is 11.8 Å². The molecule has 0 aliphatic carbocycles. The fraction of sp³-hybridized carbons (Fsp3) is 0.667. The Kier molecular flexibility index (Phi) is 6.83. The van der Waals surface area contributed by atoms with Crippen molar-refractivity contribution in [3.63, 3.8) is 0 Å². The first kappa shape index (κ1) is 12.4. The number of carboxylic acid groups (broad SMARTS) is 1. The second kappa shape index (κ2) is 5.50. The van der Waals surface area contributed by atoms with Gasteiger partial charge in [0.15, 0.2) is 0 Å². The topological polar surface area (TPSA) is 54.4 Å². The minimum Gasteiger partial charge on any atom is -0.481 e. The van der Waals surface area contributed by atoms with Crippen LogP contribution in [0.25, 0.3) is 0 Å². The molecule has 1 unspecified atom stereocenters. The molecular weight excluding hydrogens is 171 g/mol. The van der Waals surface area contributed by atoms with E-state index in [1.807, 2.05) is 0 Å². The summed E-state index contributed by atoms with van der Waals surface area (Å²) in [6.45, 7) is 2.91. The van der Waals surface area contributed by atoms with Crippen LogP contribution >= 0.6 is 0 Å². The average molecular weight is 181 g/mol. The molecule has 0 aromatic rings. The molecule has 0 amide bonds. The van der Waals surface area contributed by atoms with Crippen LogP contribution < -0.4 is 0 Å². The number of aliphatic carboxylic acids is 1. The van der Waals surface area contributed by atoms with Gasteiger partial charge in [-0.2, -0.15) is 0 Å². The second-order valence-corrected chi connectivity index (χ2v) is 2.15. The van der Waals surface area contributed by atoms with Crippen LogP contribution in [0.2, 0.25) is 0 Å². The SMILES string of the molecule is CC(=O)CC(C)C(=O)O.[V]. The molecule has 57 valence electrons. The Morgan fingerprint density at radius 2 is 1.90 bits per heavy atom. The summed E-state index contributed by atoms with van der Waals surface area (Å²) in [6, 6.07) is 0. The Morgan fingerprint density at radius 1 is 1.50 bits per heavy atom. The third-order valence-electron chi connectivity index (χ3n) is 1.02. The molecule has 1 N–H and O–H groups in total. The largest absolute Gasteiger partial charge is 0.481 e. The van der Waals surface area contributed by atoms with Gasteiger partial charge in [0, 0.05) is 25.0 Å². The van der Waals surface area contributed by atoms with Gasteiger partial charge in [-0.05, 0) is 6.92 Å². The number of hydrogen-bond donors (Lipinski definition) is 1. The summed E-state index contributed by atoms with van der Waals surface area (Å²) < 4.78 is 0. The van der Waals surface area contributed by atoms with E-state index in [4.69, 9.17) is 5.11 Å². The standard InChI is InChI=1S/C6H10O3.V/c1-4(6(8)9)3-5(2)7;/h4H,3H2,1-2H3,(H,8,9);. The first-order valence-corrected chi connectivity index (χ1v) is 2.76. The van der Waals surface area contributed by atoms with Gasteiger partial charge in [-0.25, -0.2) is 0 Å². The minimum absolute atomic E-state index is 0. The van der Waals surface area contributed by atoms with Crippen LogP contribution in [0.3, 0.4) is 0 Å². The summed E-state index contributed by atoms with van der Waals surface area (Å²) in [7, 11) is 0. The second-order valence-electron chi connectivity index (χ2n) is 2.15. The summed E-state index contributed by atoms with van der Waals surface area (Å²) in [6.07, 6.45) is 0.134. The van der Waals surface area contributed by atoms with Crippen LogP contribution in [-0.4, -0.2) is 16.9 Å². The summed E-state index contributed by atoms with van der Waals surface area (Å²) in [4.78, 5) is 20.4. The Morgan fingerprint density at radius 3 is 2.00 bits per heavy atom. The van der Waals surface area contributed by atoms with Crippen LogP contribution in [0.1, 0.15) is 20.3 Å². The van der Waals surface area contributed by atoms with E-state index in [1.165, 1.54) is 13.8 Å². The molecule has 0 aliphatic rings. The fourth-order valence-corrected chi connectivity index (χ4v) is 0.518. The molecule has 0 aromatic carbocycles. The van der Waals surface area contributed by atoms with Crippen LogP contribution in [0.15, 0.2) is 0 Å². The first-order chi connectivity index (χ1) is 4.04. The van der Waals surface area contributed by atoms with Crippen molar-refractivity contribution in [2.24, 2.45) is 5.92 Å². The summed E-state index contributed by atoms with van der Waals surface area (Å²) in [5.41, 5.74) is 0. The molecule has 1 radical (unpaired) electrons. The molecule has 1 atom stereocenters. The molecular formula is C6H10O3V. The normalized spacial score (nSPS) is 11.4. The van der Waals surface area contributed by atoms with Crippen molar-refractivity contribution in [3.8, 4) is 0 Å². The van der Waals surface area contributed by atoms with E-state index in [-0.39, 0.29) is 30.8 Å². The molecule has 0 saturated carbocycles. The summed E-state index contributed by atoms with van der Waals surface area (Å²) >= 11 is 0. The molecule has 0 fully saturated rings. The van der Waals surface area contributed by atoms with Gasteiger partial charge in [-0.3, -0.25) is 4.79 Å². The van der Waals surface area contributed by atoms with Gasteiger partial charge in [0.05, 0.1) is 5.92 Å². The van der Waals surface area contributed by atoms with Crippen LogP contribution in [0.5, 0.6) is 0 Å². The van der Waals surface area contributed by atoms with Gasteiger partial charge in [-0.15, -0.1) is 0 Å². The van der Waals surface area contributed by atoms with E-state index in [9.17, 15) is 9.59 Å². The number of Topliss-reactive ketones (excluding diaryl/α,β-unsaturated/α-hetero) is 1. The number of ketones is 1. The van der Waals surface area contributed by atoms with Crippen molar-refractivity contribution in [3.05, 3.63) is 0 Å². The predicted octanol–water partition coefficient (Wildman–Crippen LogP) is 0.684. The molecule has 4 heteroatoms. The third-order valence-corrected chi connectivity index (χ3v) is 1.02. The van der Waals surface area contributed by atoms with E-state index in [0.717, 1.165) is 0 Å². The van der Waals surface area contributed by atoms with Crippen LogP contribution in [-0.2, 0) is 28.1 Å². The number of carbonyl (C=O) groups is 2. The number of carbonyl (C=O) groups excluding carboxylic acids is 1. The van der Waals surface area contributed by atoms with Crippen molar-refractivity contribution < 1.29 is 33.3 Å². The zero-order valence-electron chi connectivity index (χ0n) is 6.00. The number of carboxylic acids is 1. The Balaban J connectivity index is 0. The van der Waals surface area contributed by atoms with E-state index < -0.39 is 11.9 Å².